The molecular weight excluding hydrogens is 420 g/mol. The Balaban J connectivity index is 1.87. The van der Waals surface area contributed by atoms with Crippen molar-refractivity contribution in [1.82, 2.24) is 24.6 Å². The highest BCUT2D eigenvalue weighted by Crippen LogP contribution is 2.27. The first-order chi connectivity index (χ1) is 15.2. The lowest BCUT2D eigenvalue weighted by Gasteiger charge is -2.19. The molecule has 0 aliphatic carbocycles. The second-order valence-electron chi connectivity index (χ2n) is 7.36. The number of carbonyl (C=O) groups excluding carboxylic acids is 2. The number of nitro groups is 1. The van der Waals surface area contributed by atoms with Gasteiger partial charge in [-0.25, -0.2) is 4.98 Å². The number of fused-ring (bicyclic) bond motifs is 1. The SMILES string of the molecule is CC(C)OC(=O)CC(NC(=O)Cn1cnc2c(cnn2C)c1=O)c1ccccc1[N+](=O)[O-]. The smallest absolute Gasteiger partial charge is 0.308 e. The molecule has 0 aliphatic rings. The van der Waals surface area contributed by atoms with E-state index in [1.165, 1.54) is 35.4 Å². The molecule has 32 heavy (non-hydrogen) atoms. The van der Waals surface area contributed by atoms with Crippen LogP contribution in [0.1, 0.15) is 31.9 Å². The van der Waals surface area contributed by atoms with E-state index in [1.807, 2.05) is 0 Å². The van der Waals surface area contributed by atoms with Gasteiger partial charge in [-0.05, 0) is 13.8 Å². The highest BCUT2D eigenvalue weighted by molar-refractivity contribution is 5.79. The number of ether oxygens (including phenoxy) is 1. The summed E-state index contributed by atoms with van der Waals surface area (Å²) in [6.45, 7) is 2.95. The molecule has 3 aromatic rings. The summed E-state index contributed by atoms with van der Waals surface area (Å²) < 4.78 is 7.67. The van der Waals surface area contributed by atoms with E-state index in [4.69, 9.17) is 4.74 Å². The van der Waals surface area contributed by atoms with E-state index < -0.39 is 34.9 Å². The number of hydrogen-bond acceptors (Lipinski definition) is 8. The van der Waals surface area contributed by atoms with Gasteiger partial charge >= 0.3 is 5.97 Å². The molecule has 0 saturated heterocycles. The Bertz CT molecular complexity index is 1230. The zero-order valence-corrected chi connectivity index (χ0v) is 17.7. The van der Waals surface area contributed by atoms with Crippen LogP contribution in [0.25, 0.3) is 11.0 Å². The average molecular weight is 442 g/mol. The van der Waals surface area contributed by atoms with Gasteiger partial charge in [0, 0.05) is 13.1 Å². The van der Waals surface area contributed by atoms with Crippen LogP contribution in [0.4, 0.5) is 5.69 Å². The van der Waals surface area contributed by atoms with E-state index in [0.29, 0.717) is 5.65 Å². The number of nitro benzene ring substituents is 1. The van der Waals surface area contributed by atoms with Crippen molar-refractivity contribution >= 4 is 28.6 Å². The van der Waals surface area contributed by atoms with Crippen molar-refractivity contribution in [2.24, 2.45) is 7.05 Å². The zero-order valence-electron chi connectivity index (χ0n) is 17.7. The molecule has 1 amide bonds. The summed E-state index contributed by atoms with van der Waals surface area (Å²) >= 11 is 0. The number of nitrogens with zero attached hydrogens (tertiary/aromatic N) is 5. The van der Waals surface area contributed by atoms with E-state index in [0.717, 1.165) is 4.57 Å². The van der Waals surface area contributed by atoms with Gasteiger partial charge in [-0.15, -0.1) is 0 Å². The van der Waals surface area contributed by atoms with E-state index >= 15 is 0 Å². The number of rotatable bonds is 8. The van der Waals surface area contributed by atoms with E-state index in [9.17, 15) is 24.5 Å². The van der Waals surface area contributed by atoms with Gasteiger partial charge in [0.25, 0.3) is 11.2 Å². The van der Waals surface area contributed by atoms with Crippen molar-refractivity contribution in [3.8, 4) is 0 Å². The summed E-state index contributed by atoms with van der Waals surface area (Å²) in [5, 5.41) is 18.3. The molecule has 12 nitrogen and oxygen atoms in total. The molecule has 168 valence electrons. The largest absolute Gasteiger partial charge is 0.463 e. The van der Waals surface area contributed by atoms with Crippen molar-refractivity contribution in [3.05, 3.63) is 62.8 Å². The molecule has 0 radical (unpaired) electrons. The van der Waals surface area contributed by atoms with Gasteiger partial charge in [-0.2, -0.15) is 5.10 Å². The van der Waals surface area contributed by atoms with Gasteiger partial charge < -0.3 is 10.1 Å². The molecule has 12 heteroatoms. The topological polar surface area (TPSA) is 151 Å². The molecule has 0 bridgehead atoms. The lowest BCUT2D eigenvalue weighted by atomic mass is 10.0. The Labute approximate surface area is 182 Å². The fourth-order valence-electron chi connectivity index (χ4n) is 3.24. The van der Waals surface area contributed by atoms with Crippen LogP contribution in [-0.2, 0) is 27.9 Å². The summed E-state index contributed by atoms with van der Waals surface area (Å²) in [5.74, 6) is -1.25. The maximum Gasteiger partial charge on any atom is 0.308 e. The van der Waals surface area contributed by atoms with Gasteiger partial charge in [0.15, 0.2) is 5.65 Å². The highest BCUT2D eigenvalue weighted by Gasteiger charge is 2.27. The van der Waals surface area contributed by atoms with E-state index in [2.05, 4.69) is 15.4 Å². The number of benzene rings is 1. The lowest BCUT2D eigenvalue weighted by molar-refractivity contribution is -0.385. The van der Waals surface area contributed by atoms with E-state index in [1.54, 1.807) is 27.0 Å². The van der Waals surface area contributed by atoms with Crippen LogP contribution in [0.2, 0.25) is 0 Å². The fraction of sp³-hybridized carbons (Fsp3) is 0.350. The van der Waals surface area contributed by atoms with Crippen molar-refractivity contribution in [2.45, 2.75) is 39.0 Å². The number of aryl methyl sites for hydroxylation is 1. The lowest BCUT2D eigenvalue weighted by Crippen LogP contribution is -2.36. The second kappa shape index (κ2) is 9.37. The summed E-state index contributed by atoms with van der Waals surface area (Å²) in [5.41, 5.74) is -0.175. The summed E-state index contributed by atoms with van der Waals surface area (Å²) in [6, 6.07) is 4.77. The Morgan fingerprint density at radius 3 is 2.69 bits per heavy atom. The van der Waals surface area contributed by atoms with Crippen molar-refractivity contribution < 1.29 is 19.2 Å². The molecule has 1 unspecified atom stereocenters. The van der Waals surface area contributed by atoms with Crippen molar-refractivity contribution in [3.63, 3.8) is 0 Å². The number of carbonyl (C=O) groups is 2. The first-order valence-corrected chi connectivity index (χ1v) is 9.76. The first kappa shape index (κ1) is 22.6. The number of esters is 1. The molecule has 2 aromatic heterocycles. The third kappa shape index (κ3) is 4.96. The molecule has 0 spiro atoms. The summed E-state index contributed by atoms with van der Waals surface area (Å²) in [6.07, 6.45) is 1.88. The van der Waals surface area contributed by atoms with Gasteiger partial charge in [0.2, 0.25) is 5.91 Å². The quantitative estimate of drug-likeness (QED) is 0.311. The third-order valence-electron chi connectivity index (χ3n) is 4.61. The number of hydrogen-bond donors (Lipinski definition) is 1. The number of aromatic nitrogens is 4. The third-order valence-corrected chi connectivity index (χ3v) is 4.61. The molecule has 0 saturated carbocycles. The predicted molar refractivity (Wildman–Crippen MR) is 113 cm³/mol. The molecular formula is C20H22N6O6. The number of amides is 1. The molecule has 1 atom stereocenters. The molecule has 3 rings (SSSR count). The van der Waals surface area contributed by atoms with Crippen LogP contribution in [0.3, 0.4) is 0 Å². The fourth-order valence-corrected chi connectivity index (χ4v) is 3.24. The Morgan fingerprint density at radius 2 is 2.00 bits per heavy atom. The van der Waals surface area contributed by atoms with Crippen LogP contribution >= 0.6 is 0 Å². The van der Waals surface area contributed by atoms with Gasteiger partial charge in [-0.1, -0.05) is 18.2 Å². The average Bonchev–Trinajstić information content (AvgIpc) is 3.10. The minimum Gasteiger partial charge on any atom is -0.463 e. The maximum absolute atomic E-state index is 12.7. The Kier molecular flexibility index (Phi) is 6.61. The molecule has 0 fully saturated rings. The van der Waals surface area contributed by atoms with Crippen molar-refractivity contribution in [1.29, 1.82) is 0 Å². The van der Waals surface area contributed by atoms with Gasteiger partial charge in [0.05, 0.1) is 35.3 Å². The molecule has 2 heterocycles. The van der Waals surface area contributed by atoms with Crippen molar-refractivity contribution in [2.75, 3.05) is 0 Å². The van der Waals surface area contributed by atoms with Crippen LogP contribution < -0.4 is 10.9 Å². The monoisotopic (exact) mass is 442 g/mol. The Hall–Kier alpha value is -4.09. The molecule has 1 aromatic carbocycles. The first-order valence-electron chi connectivity index (χ1n) is 9.76. The normalized spacial score (nSPS) is 12.0. The highest BCUT2D eigenvalue weighted by atomic mass is 16.6. The molecule has 0 aliphatic heterocycles. The zero-order chi connectivity index (χ0) is 23.4. The van der Waals surface area contributed by atoms with Crippen LogP contribution in [0, 0.1) is 10.1 Å². The summed E-state index contributed by atoms with van der Waals surface area (Å²) in [7, 11) is 1.64. The van der Waals surface area contributed by atoms with Crippen LogP contribution in [0.5, 0.6) is 0 Å². The predicted octanol–water partition coefficient (Wildman–Crippen LogP) is 1.24. The van der Waals surface area contributed by atoms with E-state index in [-0.39, 0.29) is 29.2 Å². The number of para-hydroxylation sites is 1. The standard InChI is InChI=1S/C20H22N6O6/c1-12(2)32-18(28)8-15(13-6-4-5-7-16(13)26(30)31)23-17(27)10-25-11-21-19-14(20(25)29)9-22-24(19)3/h4-7,9,11-12,15H,8,10H2,1-3H3,(H,23,27). The van der Waals surface area contributed by atoms with Crippen LogP contribution in [-0.4, -0.2) is 42.2 Å². The number of nitrogens with one attached hydrogen (secondary N) is 1. The molecule has 1 N–H and O–H groups in total. The van der Waals surface area contributed by atoms with Crippen LogP contribution in [0.15, 0.2) is 41.6 Å². The van der Waals surface area contributed by atoms with Gasteiger partial charge in [-0.3, -0.25) is 33.7 Å². The maximum atomic E-state index is 12.7. The minimum absolute atomic E-state index is 0.153. The summed E-state index contributed by atoms with van der Waals surface area (Å²) in [4.78, 5) is 52.6. The second-order valence-corrected chi connectivity index (χ2v) is 7.36. The van der Waals surface area contributed by atoms with Gasteiger partial charge in [0.1, 0.15) is 18.3 Å². The Morgan fingerprint density at radius 1 is 1.28 bits per heavy atom. The minimum atomic E-state index is -1.03.